The van der Waals surface area contributed by atoms with Crippen LogP contribution in [-0.2, 0) is 10.8 Å². The number of allylic oxidation sites excluding steroid dienone is 4. The van der Waals surface area contributed by atoms with Gasteiger partial charge in [0.05, 0.1) is 11.1 Å². The third-order valence-corrected chi connectivity index (χ3v) is 14.6. The molecule has 4 aliphatic carbocycles. The standard InChI is InChI=1S/C62H45NO/c1-61(2)51-28-14-9-24-46(51)49-38-37-44(39-55(49)61)63(56-32-18-13-23-45(56)40-19-5-3-6-20-40)43-35-33-42(34-36-43)60-58-57(59(64-60)41-21-7-4-8-22-41)50-27-12-17-31-54(50)62(58)52-29-15-10-25-47(52)48-26-11-16-30-53(48)62/h3-21,23-39,41H,22H2,1-2H3. The number of hydrogen-bond donors (Lipinski definition) is 0. The monoisotopic (exact) mass is 819 g/mol. The van der Waals surface area contributed by atoms with Gasteiger partial charge in [0.2, 0.25) is 0 Å². The van der Waals surface area contributed by atoms with Crippen molar-refractivity contribution in [2.75, 3.05) is 4.90 Å². The maximum Gasteiger partial charge on any atom is 0.139 e. The Labute approximate surface area is 375 Å². The second-order valence-corrected chi connectivity index (χ2v) is 18.3. The smallest absolute Gasteiger partial charge is 0.139 e. The highest BCUT2D eigenvalue weighted by Gasteiger charge is 2.55. The second kappa shape index (κ2) is 13.9. The molecule has 1 spiro atoms. The summed E-state index contributed by atoms with van der Waals surface area (Å²) in [5.41, 5.74) is 21.8. The fourth-order valence-electron chi connectivity index (χ4n) is 11.8. The van der Waals surface area contributed by atoms with Gasteiger partial charge < -0.3 is 9.32 Å². The molecule has 1 heterocycles. The summed E-state index contributed by atoms with van der Waals surface area (Å²) >= 11 is 0. The van der Waals surface area contributed by atoms with Gasteiger partial charge in [-0.2, -0.15) is 0 Å². The molecule has 2 heteroatoms. The van der Waals surface area contributed by atoms with Crippen molar-refractivity contribution in [3.63, 3.8) is 0 Å². The number of para-hydroxylation sites is 1. The van der Waals surface area contributed by atoms with Gasteiger partial charge in [-0.25, -0.2) is 0 Å². The largest absolute Gasteiger partial charge is 0.459 e. The summed E-state index contributed by atoms with van der Waals surface area (Å²) in [6.45, 7) is 4.72. The first kappa shape index (κ1) is 36.9. The van der Waals surface area contributed by atoms with Crippen LogP contribution in [0, 0.1) is 0 Å². The van der Waals surface area contributed by atoms with Gasteiger partial charge in [0.15, 0.2) is 0 Å². The molecule has 0 amide bonds. The van der Waals surface area contributed by atoms with Crippen LogP contribution in [0.4, 0.5) is 17.1 Å². The molecular weight excluding hydrogens is 775 g/mol. The molecule has 0 saturated heterocycles. The van der Waals surface area contributed by atoms with Gasteiger partial charge in [0.25, 0.3) is 0 Å². The molecule has 0 bridgehead atoms. The molecule has 8 aromatic carbocycles. The highest BCUT2D eigenvalue weighted by molar-refractivity contribution is 5.99. The SMILES string of the molecule is CC1(C)c2ccccc2-c2ccc(N(c3ccc(-c4oc(C5C=CC=CC5)c5c4C4(c6ccccc6-c6ccccc64)c4ccccc4-5)cc3)c3ccccc3-c3ccccc3)cc21. The lowest BCUT2D eigenvalue weighted by Gasteiger charge is -2.31. The molecule has 64 heavy (non-hydrogen) atoms. The number of fused-ring (bicyclic) bond motifs is 13. The molecule has 2 nitrogen and oxygen atoms in total. The molecule has 1 aromatic heterocycles. The van der Waals surface area contributed by atoms with Crippen molar-refractivity contribution in [1.29, 1.82) is 0 Å². The Bertz CT molecular complexity index is 3350. The zero-order chi connectivity index (χ0) is 42.6. The van der Waals surface area contributed by atoms with Crippen molar-refractivity contribution in [3.8, 4) is 55.8 Å². The lowest BCUT2D eigenvalue weighted by Crippen LogP contribution is -2.26. The third kappa shape index (κ3) is 5.08. The molecule has 4 aliphatic rings. The Kier molecular flexibility index (Phi) is 8.03. The fraction of sp³-hybridized carbons (Fsp3) is 0.0968. The van der Waals surface area contributed by atoms with Crippen molar-refractivity contribution < 1.29 is 4.42 Å². The van der Waals surface area contributed by atoms with E-state index in [1.807, 2.05) is 0 Å². The fourth-order valence-corrected chi connectivity index (χ4v) is 11.8. The Balaban J connectivity index is 1.03. The Hall–Kier alpha value is -7.68. The minimum Gasteiger partial charge on any atom is -0.459 e. The van der Waals surface area contributed by atoms with Gasteiger partial charge >= 0.3 is 0 Å². The van der Waals surface area contributed by atoms with Crippen molar-refractivity contribution in [3.05, 3.63) is 258 Å². The number of nitrogens with zero attached hydrogens (tertiary/aromatic N) is 1. The molecule has 0 saturated carbocycles. The van der Waals surface area contributed by atoms with E-state index in [-0.39, 0.29) is 11.3 Å². The van der Waals surface area contributed by atoms with Crippen LogP contribution in [0.2, 0.25) is 0 Å². The molecule has 13 rings (SSSR count). The zero-order valence-corrected chi connectivity index (χ0v) is 35.9. The van der Waals surface area contributed by atoms with Crippen LogP contribution < -0.4 is 4.90 Å². The first-order valence-electron chi connectivity index (χ1n) is 22.6. The van der Waals surface area contributed by atoms with Crippen molar-refractivity contribution >= 4 is 17.1 Å². The van der Waals surface area contributed by atoms with Gasteiger partial charge in [-0.1, -0.05) is 190 Å². The van der Waals surface area contributed by atoms with Crippen LogP contribution in [0.5, 0.6) is 0 Å². The molecule has 1 unspecified atom stereocenters. The number of benzene rings is 8. The number of furan rings is 1. The van der Waals surface area contributed by atoms with Crippen molar-refractivity contribution in [2.45, 2.75) is 37.0 Å². The maximum absolute atomic E-state index is 7.44. The van der Waals surface area contributed by atoms with Crippen molar-refractivity contribution in [1.82, 2.24) is 0 Å². The minimum absolute atomic E-state index is 0.127. The van der Waals surface area contributed by atoms with Gasteiger partial charge in [-0.3, -0.25) is 0 Å². The van der Waals surface area contributed by atoms with E-state index in [4.69, 9.17) is 4.42 Å². The Morgan fingerprint density at radius 3 is 1.69 bits per heavy atom. The van der Waals surface area contributed by atoms with Gasteiger partial charge in [-0.15, -0.1) is 0 Å². The first-order chi connectivity index (χ1) is 31.5. The molecular formula is C62H45NO. The molecule has 9 aromatic rings. The van der Waals surface area contributed by atoms with Crippen LogP contribution in [0.3, 0.4) is 0 Å². The minimum atomic E-state index is -0.529. The summed E-state index contributed by atoms with van der Waals surface area (Å²) in [6, 6.07) is 71.9. The van der Waals surface area contributed by atoms with E-state index in [1.165, 1.54) is 77.9 Å². The van der Waals surface area contributed by atoms with Gasteiger partial charge in [0.1, 0.15) is 11.5 Å². The number of hydrogen-bond acceptors (Lipinski definition) is 2. The molecule has 0 N–H and O–H groups in total. The molecule has 304 valence electrons. The molecule has 1 atom stereocenters. The van der Waals surface area contributed by atoms with E-state index in [1.54, 1.807) is 0 Å². The summed E-state index contributed by atoms with van der Waals surface area (Å²) in [5, 5.41) is 0. The second-order valence-electron chi connectivity index (χ2n) is 18.3. The van der Waals surface area contributed by atoms with Crippen LogP contribution >= 0.6 is 0 Å². The predicted octanol–water partition coefficient (Wildman–Crippen LogP) is 16.3. The van der Waals surface area contributed by atoms with E-state index in [2.05, 4.69) is 237 Å². The third-order valence-electron chi connectivity index (χ3n) is 14.6. The highest BCUT2D eigenvalue weighted by Crippen LogP contribution is 2.66. The van der Waals surface area contributed by atoms with Crippen LogP contribution in [0.15, 0.2) is 223 Å². The van der Waals surface area contributed by atoms with Crippen LogP contribution in [0.25, 0.3) is 55.8 Å². The van der Waals surface area contributed by atoms with Crippen molar-refractivity contribution in [2.24, 2.45) is 0 Å². The summed E-state index contributed by atoms with van der Waals surface area (Å²) in [7, 11) is 0. The van der Waals surface area contributed by atoms with E-state index in [0.717, 1.165) is 40.6 Å². The van der Waals surface area contributed by atoms with Crippen LogP contribution in [0.1, 0.15) is 65.3 Å². The molecule has 0 radical (unpaired) electrons. The Morgan fingerprint density at radius 2 is 1.02 bits per heavy atom. The first-order valence-corrected chi connectivity index (χ1v) is 22.6. The summed E-state index contributed by atoms with van der Waals surface area (Å²) in [4.78, 5) is 2.45. The maximum atomic E-state index is 7.44. The zero-order valence-electron chi connectivity index (χ0n) is 35.9. The average Bonchev–Trinajstić information content (AvgIpc) is 4.05. The normalized spacial score (nSPS) is 16.2. The summed E-state index contributed by atoms with van der Waals surface area (Å²) in [6.07, 6.45) is 9.81. The van der Waals surface area contributed by atoms with Crippen LogP contribution in [-0.4, -0.2) is 0 Å². The summed E-state index contributed by atoms with van der Waals surface area (Å²) < 4.78 is 7.44. The molecule has 0 fully saturated rings. The summed E-state index contributed by atoms with van der Waals surface area (Å²) in [5.74, 6) is 2.11. The predicted molar refractivity (Wildman–Crippen MR) is 264 cm³/mol. The van der Waals surface area contributed by atoms with E-state index in [9.17, 15) is 0 Å². The van der Waals surface area contributed by atoms with Gasteiger partial charge in [0, 0.05) is 45.0 Å². The van der Waals surface area contributed by atoms with E-state index < -0.39 is 5.41 Å². The molecule has 0 aliphatic heterocycles. The average molecular weight is 820 g/mol. The number of rotatable bonds is 6. The van der Waals surface area contributed by atoms with Gasteiger partial charge in [-0.05, 0) is 110 Å². The quantitative estimate of drug-likeness (QED) is 0.166. The van der Waals surface area contributed by atoms with E-state index in [0.29, 0.717) is 0 Å². The highest BCUT2D eigenvalue weighted by atomic mass is 16.3. The lowest BCUT2D eigenvalue weighted by molar-refractivity contribution is 0.499. The van der Waals surface area contributed by atoms with E-state index >= 15 is 0 Å². The lowest BCUT2D eigenvalue weighted by atomic mass is 9.70. The topological polar surface area (TPSA) is 16.4 Å². The number of anilines is 3. The Morgan fingerprint density at radius 1 is 0.469 bits per heavy atom.